The highest BCUT2D eigenvalue weighted by Gasteiger charge is 2.24. The molecule has 0 saturated heterocycles. The van der Waals surface area contributed by atoms with E-state index in [9.17, 15) is 9.18 Å². The molecule has 0 aromatic heterocycles. The van der Waals surface area contributed by atoms with E-state index in [0.717, 1.165) is 22.3 Å². The first-order valence-electron chi connectivity index (χ1n) is 9.14. The average molecular weight is 387 g/mol. The van der Waals surface area contributed by atoms with Crippen LogP contribution in [0.4, 0.5) is 4.39 Å². The van der Waals surface area contributed by atoms with Crippen LogP contribution in [0.1, 0.15) is 22.3 Å². The predicted octanol–water partition coefficient (Wildman–Crippen LogP) is 5.06. The van der Waals surface area contributed by atoms with Crippen molar-refractivity contribution in [3.8, 4) is 5.75 Å². The summed E-state index contributed by atoms with van der Waals surface area (Å²) in [6.45, 7) is 2.31. The molecular weight excluding hydrogens is 369 g/mol. The number of aliphatic imine (C=N–C) groups is 1. The fourth-order valence-electron chi connectivity index (χ4n) is 2.88. The van der Waals surface area contributed by atoms with Crippen molar-refractivity contribution < 1.29 is 18.7 Å². The number of aryl methyl sites for hydroxylation is 1. The maximum absolute atomic E-state index is 12.9. The van der Waals surface area contributed by atoms with Gasteiger partial charge in [0.15, 0.2) is 5.70 Å². The molecule has 0 aliphatic carbocycles. The monoisotopic (exact) mass is 387 g/mol. The molecule has 0 fully saturated rings. The van der Waals surface area contributed by atoms with Crippen LogP contribution in [0, 0.1) is 12.7 Å². The number of benzene rings is 3. The lowest BCUT2D eigenvalue weighted by atomic mass is 10.1. The van der Waals surface area contributed by atoms with Gasteiger partial charge in [0.25, 0.3) is 0 Å². The van der Waals surface area contributed by atoms with Crippen LogP contribution in [0.5, 0.6) is 5.75 Å². The highest BCUT2D eigenvalue weighted by molar-refractivity contribution is 6.12. The van der Waals surface area contributed by atoms with Crippen LogP contribution in [0.15, 0.2) is 83.5 Å². The Labute approximate surface area is 167 Å². The second kappa shape index (κ2) is 8.10. The molecule has 4 rings (SSSR count). The number of halogens is 1. The summed E-state index contributed by atoms with van der Waals surface area (Å²) in [5.74, 6) is 0.238. The first kappa shape index (κ1) is 18.6. The molecule has 1 heterocycles. The zero-order chi connectivity index (χ0) is 20.2. The van der Waals surface area contributed by atoms with E-state index in [2.05, 4.69) is 4.99 Å². The number of rotatable bonds is 5. The van der Waals surface area contributed by atoms with Crippen LogP contribution >= 0.6 is 0 Å². The number of carbonyl (C=O) groups excluding carboxylic acids is 1. The summed E-state index contributed by atoms with van der Waals surface area (Å²) in [6, 6.07) is 21.1. The number of hydrogen-bond donors (Lipinski definition) is 0. The van der Waals surface area contributed by atoms with Crippen molar-refractivity contribution in [3.63, 3.8) is 0 Å². The molecular formula is C24H18FNO3. The lowest BCUT2D eigenvalue weighted by Crippen LogP contribution is -2.05. The van der Waals surface area contributed by atoms with Crippen LogP contribution in [-0.4, -0.2) is 11.9 Å². The number of nitrogens with zero attached hydrogens (tertiary/aromatic N) is 1. The van der Waals surface area contributed by atoms with Crippen LogP contribution in [-0.2, 0) is 16.1 Å². The molecule has 29 heavy (non-hydrogen) atoms. The molecule has 1 aliphatic rings. The lowest BCUT2D eigenvalue weighted by molar-refractivity contribution is -0.129. The third kappa shape index (κ3) is 4.58. The lowest BCUT2D eigenvalue weighted by Gasteiger charge is -2.06. The Morgan fingerprint density at radius 3 is 2.52 bits per heavy atom. The molecule has 0 amide bonds. The zero-order valence-electron chi connectivity index (χ0n) is 15.8. The summed E-state index contributed by atoms with van der Waals surface area (Å²) < 4.78 is 23.9. The highest BCUT2D eigenvalue weighted by atomic mass is 19.1. The molecule has 0 saturated carbocycles. The van der Waals surface area contributed by atoms with Crippen LogP contribution in [0.25, 0.3) is 6.08 Å². The highest BCUT2D eigenvalue weighted by Crippen LogP contribution is 2.21. The summed E-state index contributed by atoms with van der Waals surface area (Å²) >= 11 is 0. The van der Waals surface area contributed by atoms with Gasteiger partial charge in [-0.15, -0.1) is 0 Å². The van der Waals surface area contributed by atoms with Gasteiger partial charge in [-0.2, -0.15) is 0 Å². The molecule has 5 heteroatoms. The number of ether oxygens (including phenoxy) is 2. The van der Waals surface area contributed by atoms with Crippen molar-refractivity contribution >= 4 is 17.9 Å². The van der Waals surface area contributed by atoms with Gasteiger partial charge in [0.05, 0.1) is 0 Å². The molecule has 0 spiro atoms. The molecule has 0 N–H and O–H groups in total. The first-order valence-corrected chi connectivity index (χ1v) is 9.14. The summed E-state index contributed by atoms with van der Waals surface area (Å²) in [7, 11) is 0. The molecule has 0 atom stereocenters. The van der Waals surface area contributed by atoms with Gasteiger partial charge in [-0.3, -0.25) is 0 Å². The Morgan fingerprint density at radius 2 is 1.79 bits per heavy atom. The minimum absolute atomic E-state index is 0.251. The van der Waals surface area contributed by atoms with Crippen molar-refractivity contribution in [2.24, 2.45) is 4.99 Å². The summed E-state index contributed by atoms with van der Waals surface area (Å²) in [4.78, 5) is 16.5. The van der Waals surface area contributed by atoms with Crippen molar-refractivity contribution in [2.45, 2.75) is 13.5 Å². The van der Waals surface area contributed by atoms with Crippen molar-refractivity contribution in [3.05, 3.63) is 107 Å². The van der Waals surface area contributed by atoms with E-state index in [-0.39, 0.29) is 11.5 Å². The molecule has 4 nitrogen and oxygen atoms in total. The molecule has 0 bridgehead atoms. The van der Waals surface area contributed by atoms with Gasteiger partial charge in [-0.25, -0.2) is 14.2 Å². The van der Waals surface area contributed by atoms with E-state index in [0.29, 0.717) is 18.3 Å². The molecule has 3 aromatic rings. The minimum Gasteiger partial charge on any atom is -0.489 e. The van der Waals surface area contributed by atoms with E-state index >= 15 is 0 Å². The molecule has 0 unspecified atom stereocenters. The van der Waals surface area contributed by atoms with Gasteiger partial charge in [-0.1, -0.05) is 42.0 Å². The maximum atomic E-state index is 12.9. The van der Waals surface area contributed by atoms with Crippen LogP contribution in [0.2, 0.25) is 0 Å². The van der Waals surface area contributed by atoms with Gasteiger partial charge in [0.1, 0.15) is 18.2 Å². The predicted molar refractivity (Wildman–Crippen MR) is 109 cm³/mol. The second-order valence-corrected chi connectivity index (χ2v) is 6.69. The quantitative estimate of drug-likeness (QED) is 0.454. The fraction of sp³-hybridized carbons (Fsp3) is 0.0833. The fourth-order valence-corrected chi connectivity index (χ4v) is 2.88. The van der Waals surface area contributed by atoms with Crippen molar-refractivity contribution in [1.82, 2.24) is 0 Å². The Hall–Kier alpha value is -3.73. The average Bonchev–Trinajstić information content (AvgIpc) is 3.09. The Bertz CT molecular complexity index is 1100. The van der Waals surface area contributed by atoms with Crippen molar-refractivity contribution in [1.29, 1.82) is 0 Å². The third-order valence-electron chi connectivity index (χ3n) is 4.39. The van der Waals surface area contributed by atoms with E-state index in [1.54, 1.807) is 30.3 Å². The number of esters is 1. The number of carbonyl (C=O) groups is 1. The Kier molecular flexibility index (Phi) is 5.20. The van der Waals surface area contributed by atoms with Gasteiger partial charge in [0, 0.05) is 5.56 Å². The summed E-state index contributed by atoms with van der Waals surface area (Å²) in [5.41, 5.74) is 3.77. The van der Waals surface area contributed by atoms with E-state index in [4.69, 9.17) is 9.47 Å². The molecule has 3 aromatic carbocycles. The number of hydrogen-bond acceptors (Lipinski definition) is 4. The summed E-state index contributed by atoms with van der Waals surface area (Å²) in [6.07, 6.45) is 1.68. The van der Waals surface area contributed by atoms with Gasteiger partial charge < -0.3 is 9.47 Å². The number of cyclic esters (lactones) is 1. The van der Waals surface area contributed by atoms with Crippen molar-refractivity contribution in [2.75, 3.05) is 0 Å². The SMILES string of the molecule is Cc1cccc(C2=N/C(=C/c3ccc(OCc4ccc(F)cc4)cc3)C(=O)O2)c1. The summed E-state index contributed by atoms with van der Waals surface area (Å²) in [5, 5.41) is 0. The van der Waals surface area contributed by atoms with Crippen LogP contribution < -0.4 is 4.74 Å². The van der Waals surface area contributed by atoms with Gasteiger partial charge in [-0.05, 0) is 60.5 Å². The van der Waals surface area contributed by atoms with E-state index in [1.165, 1.54) is 12.1 Å². The topological polar surface area (TPSA) is 47.9 Å². The van der Waals surface area contributed by atoms with E-state index in [1.807, 2.05) is 43.3 Å². The smallest absolute Gasteiger partial charge is 0.363 e. The Balaban J connectivity index is 1.45. The maximum Gasteiger partial charge on any atom is 0.363 e. The minimum atomic E-state index is -0.474. The van der Waals surface area contributed by atoms with Gasteiger partial charge in [0.2, 0.25) is 5.90 Å². The normalized spacial score (nSPS) is 14.6. The molecule has 1 aliphatic heterocycles. The zero-order valence-corrected chi connectivity index (χ0v) is 15.8. The molecule has 144 valence electrons. The van der Waals surface area contributed by atoms with Crippen LogP contribution in [0.3, 0.4) is 0 Å². The second-order valence-electron chi connectivity index (χ2n) is 6.69. The Morgan fingerprint density at radius 1 is 1.03 bits per heavy atom. The molecule has 0 radical (unpaired) electrons. The largest absolute Gasteiger partial charge is 0.489 e. The van der Waals surface area contributed by atoms with E-state index < -0.39 is 5.97 Å². The third-order valence-corrected chi connectivity index (χ3v) is 4.39. The standard InChI is InChI=1S/C24H18FNO3/c1-16-3-2-4-19(13-16)23-26-22(24(27)29-23)14-17-7-11-21(12-8-17)28-15-18-5-9-20(25)10-6-18/h2-14H,15H2,1H3/b22-14+. The van der Waals surface area contributed by atoms with Gasteiger partial charge >= 0.3 is 5.97 Å². The first-order chi connectivity index (χ1) is 14.1.